The Hall–Kier alpha value is -0.970. The van der Waals surface area contributed by atoms with Crippen LogP contribution in [-0.2, 0) is 11.4 Å². The summed E-state index contributed by atoms with van der Waals surface area (Å²) in [6.07, 6.45) is 0. The molecule has 5 heteroatoms. The van der Waals surface area contributed by atoms with Crippen molar-refractivity contribution in [2.24, 2.45) is 5.90 Å². The molecule has 0 aromatic heterocycles. The summed E-state index contributed by atoms with van der Waals surface area (Å²) in [5, 5.41) is 0.523. The molecule has 1 aromatic rings. The van der Waals surface area contributed by atoms with E-state index in [0.717, 1.165) is 11.1 Å². The molecule has 2 N–H and O–H groups in total. The third-order valence-corrected chi connectivity index (χ3v) is 2.47. The molecule has 0 spiro atoms. The lowest BCUT2D eigenvalue weighted by atomic mass is 10.1. The molecular weight excluding hydrogens is 206 g/mol. The largest absolute Gasteiger partial charge is 0.453 e. The van der Waals surface area contributed by atoms with Crippen LogP contribution in [0.4, 0.5) is 0 Å². The first-order valence-electron chi connectivity index (χ1n) is 4.13. The highest BCUT2D eigenvalue weighted by Crippen LogP contribution is 2.43. The first-order chi connectivity index (χ1) is 6.74. The number of hydrogen-bond acceptors (Lipinski definition) is 4. The third-order valence-electron chi connectivity index (χ3n) is 2.19. The molecule has 0 atom stereocenters. The van der Waals surface area contributed by atoms with E-state index in [1.54, 1.807) is 6.07 Å². The fourth-order valence-corrected chi connectivity index (χ4v) is 1.72. The van der Waals surface area contributed by atoms with Crippen LogP contribution in [0.15, 0.2) is 6.07 Å². The SMILES string of the molecule is Cc1c(CON)cc(Cl)c2c1OCO2. The van der Waals surface area contributed by atoms with Gasteiger partial charge < -0.3 is 9.47 Å². The quantitative estimate of drug-likeness (QED) is 0.764. The van der Waals surface area contributed by atoms with Crippen molar-refractivity contribution in [2.45, 2.75) is 13.5 Å². The Labute approximate surface area is 86.5 Å². The molecule has 76 valence electrons. The molecule has 1 heterocycles. The second-order valence-electron chi connectivity index (χ2n) is 3.02. The molecule has 1 aliphatic heterocycles. The van der Waals surface area contributed by atoms with Gasteiger partial charge >= 0.3 is 0 Å². The molecule has 0 fully saturated rings. The van der Waals surface area contributed by atoms with Gasteiger partial charge in [-0.3, -0.25) is 4.84 Å². The van der Waals surface area contributed by atoms with Crippen molar-refractivity contribution in [3.63, 3.8) is 0 Å². The summed E-state index contributed by atoms with van der Waals surface area (Å²) in [6, 6.07) is 1.78. The van der Waals surface area contributed by atoms with E-state index in [2.05, 4.69) is 4.84 Å². The van der Waals surface area contributed by atoms with Gasteiger partial charge in [-0.15, -0.1) is 0 Å². The van der Waals surface area contributed by atoms with Crippen LogP contribution < -0.4 is 15.4 Å². The zero-order valence-electron chi connectivity index (χ0n) is 7.67. The van der Waals surface area contributed by atoms with Crippen LogP contribution in [0.5, 0.6) is 11.5 Å². The maximum Gasteiger partial charge on any atom is 0.231 e. The molecular formula is C9H10ClNO3. The molecule has 1 aromatic carbocycles. The Kier molecular flexibility index (Phi) is 2.50. The van der Waals surface area contributed by atoms with Gasteiger partial charge in [-0.25, -0.2) is 5.90 Å². The minimum atomic E-state index is 0.211. The predicted octanol–water partition coefficient (Wildman–Crippen LogP) is 1.77. The Bertz CT molecular complexity index is 368. The van der Waals surface area contributed by atoms with Crippen molar-refractivity contribution < 1.29 is 14.3 Å². The molecule has 2 rings (SSSR count). The predicted molar refractivity (Wildman–Crippen MR) is 51.3 cm³/mol. The molecule has 14 heavy (non-hydrogen) atoms. The Morgan fingerprint density at radius 3 is 2.93 bits per heavy atom. The van der Waals surface area contributed by atoms with Crippen LogP contribution in [0.1, 0.15) is 11.1 Å². The highest BCUT2D eigenvalue weighted by atomic mass is 35.5. The van der Waals surface area contributed by atoms with Gasteiger partial charge in [0.2, 0.25) is 6.79 Å². The summed E-state index contributed by atoms with van der Waals surface area (Å²) in [5.74, 6) is 6.30. The molecule has 0 radical (unpaired) electrons. The molecule has 0 unspecified atom stereocenters. The molecule has 0 aliphatic carbocycles. The third kappa shape index (κ3) is 1.41. The minimum Gasteiger partial charge on any atom is -0.453 e. The van der Waals surface area contributed by atoms with E-state index in [1.807, 2.05) is 6.92 Å². The van der Waals surface area contributed by atoms with Gasteiger partial charge in [0.05, 0.1) is 11.6 Å². The lowest BCUT2D eigenvalue weighted by Crippen LogP contribution is -2.01. The van der Waals surface area contributed by atoms with Crippen molar-refractivity contribution in [1.82, 2.24) is 0 Å². The zero-order chi connectivity index (χ0) is 10.1. The fraction of sp³-hybridized carbons (Fsp3) is 0.333. The van der Waals surface area contributed by atoms with E-state index in [1.165, 1.54) is 0 Å². The van der Waals surface area contributed by atoms with E-state index < -0.39 is 0 Å². The standard InChI is InChI=1S/C9H10ClNO3/c1-5-6(3-14-11)2-7(10)9-8(5)12-4-13-9/h2H,3-4,11H2,1H3. The highest BCUT2D eigenvalue weighted by molar-refractivity contribution is 6.32. The summed E-state index contributed by atoms with van der Waals surface area (Å²) in [4.78, 5) is 4.57. The maximum absolute atomic E-state index is 5.98. The van der Waals surface area contributed by atoms with Gasteiger partial charge in [0.15, 0.2) is 11.5 Å². The lowest BCUT2D eigenvalue weighted by molar-refractivity contribution is 0.123. The smallest absolute Gasteiger partial charge is 0.231 e. The van der Waals surface area contributed by atoms with E-state index in [0.29, 0.717) is 23.1 Å². The lowest BCUT2D eigenvalue weighted by Gasteiger charge is -2.08. The summed E-state index contributed by atoms with van der Waals surface area (Å²) < 4.78 is 10.5. The van der Waals surface area contributed by atoms with Crippen LogP contribution in [0.3, 0.4) is 0 Å². The zero-order valence-corrected chi connectivity index (χ0v) is 8.43. The molecule has 1 aliphatic rings. The number of nitrogens with two attached hydrogens (primary N) is 1. The van der Waals surface area contributed by atoms with Crippen molar-refractivity contribution >= 4 is 11.6 Å². The average molecular weight is 216 g/mol. The van der Waals surface area contributed by atoms with E-state index in [9.17, 15) is 0 Å². The van der Waals surface area contributed by atoms with Crippen LogP contribution in [-0.4, -0.2) is 6.79 Å². The number of hydrogen-bond donors (Lipinski definition) is 1. The summed E-state index contributed by atoms with van der Waals surface area (Å²) in [6.45, 7) is 2.43. The minimum absolute atomic E-state index is 0.211. The normalized spacial score (nSPS) is 13.4. The van der Waals surface area contributed by atoms with Gasteiger partial charge in [-0.1, -0.05) is 11.6 Å². The van der Waals surface area contributed by atoms with Crippen molar-refractivity contribution in [2.75, 3.05) is 6.79 Å². The van der Waals surface area contributed by atoms with E-state index in [-0.39, 0.29) is 6.79 Å². The Balaban J connectivity index is 2.50. The monoisotopic (exact) mass is 215 g/mol. The molecule has 4 nitrogen and oxygen atoms in total. The topological polar surface area (TPSA) is 53.7 Å². The summed E-state index contributed by atoms with van der Waals surface area (Å²) in [5.41, 5.74) is 1.86. The van der Waals surface area contributed by atoms with Gasteiger partial charge in [0, 0.05) is 5.56 Å². The number of benzene rings is 1. The van der Waals surface area contributed by atoms with Gasteiger partial charge in [-0.2, -0.15) is 0 Å². The van der Waals surface area contributed by atoms with Crippen LogP contribution in [0.2, 0.25) is 5.02 Å². The molecule has 0 saturated heterocycles. The maximum atomic E-state index is 5.98. The Morgan fingerprint density at radius 2 is 2.21 bits per heavy atom. The number of fused-ring (bicyclic) bond motifs is 1. The first kappa shape index (κ1) is 9.58. The summed E-state index contributed by atoms with van der Waals surface area (Å²) >= 11 is 5.98. The second-order valence-corrected chi connectivity index (χ2v) is 3.43. The van der Waals surface area contributed by atoms with Crippen molar-refractivity contribution in [3.05, 3.63) is 22.2 Å². The average Bonchev–Trinajstić information content (AvgIpc) is 2.63. The number of ether oxygens (including phenoxy) is 2. The fourth-order valence-electron chi connectivity index (χ4n) is 1.45. The van der Waals surface area contributed by atoms with Crippen LogP contribution in [0.25, 0.3) is 0 Å². The van der Waals surface area contributed by atoms with Gasteiger partial charge in [0.1, 0.15) is 0 Å². The van der Waals surface area contributed by atoms with Crippen LogP contribution >= 0.6 is 11.6 Å². The Morgan fingerprint density at radius 1 is 1.50 bits per heavy atom. The van der Waals surface area contributed by atoms with Crippen molar-refractivity contribution in [3.8, 4) is 11.5 Å². The van der Waals surface area contributed by atoms with Crippen LogP contribution in [0, 0.1) is 6.92 Å². The first-order valence-corrected chi connectivity index (χ1v) is 4.51. The molecule has 0 bridgehead atoms. The highest BCUT2D eigenvalue weighted by Gasteiger charge is 2.22. The molecule has 0 saturated carbocycles. The van der Waals surface area contributed by atoms with E-state index in [4.69, 9.17) is 27.0 Å². The van der Waals surface area contributed by atoms with Crippen molar-refractivity contribution in [1.29, 1.82) is 0 Å². The van der Waals surface area contributed by atoms with Gasteiger partial charge in [-0.05, 0) is 18.6 Å². The van der Waals surface area contributed by atoms with E-state index >= 15 is 0 Å². The van der Waals surface area contributed by atoms with Gasteiger partial charge in [0.25, 0.3) is 0 Å². The second kappa shape index (κ2) is 3.65. The number of rotatable bonds is 2. The summed E-state index contributed by atoms with van der Waals surface area (Å²) in [7, 11) is 0. The molecule has 0 amide bonds. The number of halogens is 1.